The van der Waals surface area contributed by atoms with E-state index in [9.17, 15) is 13.2 Å². The van der Waals surface area contributed by atoms with E-state index in [4.69, 9.17) is 18.0 Å². The molecule has 3 N–H and O–H groups in total. The van der Waals surface area contributed by atoms with Crippen LogP contribution in [0.5, 0.6) is 0 Å². The minimum Gasteiger partial charge on any atom is -0.389 e. The summed E-state index contributed by atoms with van der Waals surface area (Å²) in [6.45, 7) is 0. The predicted octanol–water partition coefficient (Wildman–Crippen LogP) is 4.85. The minimum absolute atomic E-state index is 0.0985. The molecule has 0 aliphatic carbocycles. The maximum atomic E-state index is 12.7. The molecule has 0 atom stereocenters. The van der Waals surface area contributed by atoms with Crippen LogP contribution in [0.2, 0.25) is 0 Å². The highest BCUT2D eigenvalue weighted by atomic mass is 79.9. The molecule has 0 amide bonds. The SMILES string of the molecule is NC(=S)c1cc(C(F)(F)F)ccc1Nc1cccc(Br)c1. The number of alkyl halides is 3. The van der Waals surface area contributed by atoms with Crippen molar-refractivity contribution in [3.63, 3.8) is 0 Å². The Morgan fingerprint density at radius 2 is 1.86 bits per heavy atom. The number of nitrogens with two attached hydrogens (primary N) is 1. The fourth-order valence-corrected chi connectivity index (χ4v) is 2.32. The zero-order chi connectivity index (χ0) is 15.6. The van der Waals surface area contributed by atoms with Gasteiger partial charge in [0.1, 0.15) is 4.99 Å². The van der Waals surface area contributed by atoms with Gasteiger partial charge in [-0.05, 0) is 36.4 Å². The van der Waals surface area contributed by atoms with Crippen molar-refractivity contribution in [3.8, 4) is 0 Å². The van der Waals surface area contributed by atoms with Crippen molar-refractivity contribution in [3.05, 3.63) is 58.1 Å². The van der Waals surface area contributed by atoms with Crippen LogP contribution in [0.4, 0.5) is 24.5 Å². The number of hydrogen-bond donors (Lipinski definition) is 2. The second-order valence-electron chi connectivity index (χ2n) is 4.26. The lowest BCUT2D eigenvalue weighted by atomic mass is 10.1. The lowest BCUT2D eigenvalue weighted by Crippen LogP contribution is -2.14. The Balaban J connectivity index is 2.42. The molecule has 0 saturated heterocycles. The molecule has 0 saturated carbocycles. The maximum absolute atomic E-state index is 12.7. The van der Waals surface area contributed by atoms with Gasteiger partial charge in [0, 0.05) is 21.4 Å². The van der Waals surface area contributed by atoms with E-state index < -0.39 is 11.7 Å². The third kappa shape index (κ3) is 3.95. The molecule has 2 nitrogen and oxygen atoms in total. The molecule has 0 aliphatic heterocycles. The quantitative estimate of drug-likeness (QED) is 0.754. The molecule has 0 bridgehead atoms. The van der Waals surface area contributed by atoms with E-state index in [1.807, 2.05) is 6.07 Å². The van der Waals surface area contributed by atoms with Crippen molar-refractivity contribution in [2.24, 2.45) is 5.73 Å². The summed E-state index contributed by atoms with van der Waals surface area (Å²) in [4.78, 5) is -0.0985. The molecule has 0 aromatic heterocycles. The van der Waals surface area contributed by atoms with E-state index in [0.29, 0.717) is 11.4 Å². The molecule has 0 unspecified atom stereocenters. The monoisotopic (exact) mass is 374 g/mol. The van der Waals surface area contributed by atoms with Gasteiger partial charge in [0.2, 0.25) is 0 Å². The second kappa shape index (κ2) is 6.03. The van der Waals surface area contributed by atoms with E-state index in [1.54, 1.807) is 18.2 Å². The fourth-order valence-electron chi connectivity index (χ4n) is 1.76. The molecule has 7 heteroatoms. The number of anilines is 2. The summed E-state index contributed by atoms with van der Waals surface area (Å²) in [5.41, 5.74) is 6.03. The second-order valence-corrected chi connectivity index (χ2v) is 5.61. The predicted molar refractivity (Wildman–Crippen MR) is 84.8 cm³/mol. The van der Waals surface area contributed by atoms with Gasteiger partial charge in [-0.25, -0.2) is 0 Å². The van der Waals surface area contributed by atoms with Gasteiger partial charge in [-0.15, -0.1) is 0 Å². The van der Waals surface area contributed by atoms with Crippen molar-refractivity contribution in [2.75, 3.05) is 5.32 Å². The maximum Gasteiger partial charge on any atom is 0.416 e. The summed E-state index contributed by atoms with van der Waals surface area (Å²) in [7, 11) is 0. The molecule has 0 radical (unpaired) electrons. The molecule has 2 aromatic carbocycles. The molecule has 0 spiro atoms. The van der Waals surface area contributed by atoms with Gasteiger partial charge in [0.25, 0.3) is 0 Å². The lowest BCUT2D eigenvalue weighted by Gasteiger charge is -2.14. The fraction of sp³-hybridized carbons (Fsp3) is 0.0714. The Morgan fingerprint density at radius 1 is 1.14 bits per heavy atom. The van der Waals surface area contributed by atoms with Crippen LogP contribution in [-0.4, -0.2) is 4.99 Å². The number of hydrogen-bond acceptors (Lipinski definition) is 2. The first kappa shape index (κ1) is 15.8. The van der Waals surface area contributed by atoms with Gasteiger partial charge in [-0.3, -0.25) is 0 Å². The van der Waals surface area contributed by atoms with Crippen LogP contribution in [0, 0.1) is 0 Å². The normalized spacial score (nSPS) is 11.2. The summed E-state index contributed by atoms with van der Waals surface area (Å²) in [6, 6.07) is 10.5. The molecular formula is C14H10BrF3N2S. The van der Waals surface area contributed by atoms with Gasteiger partial charge in [-0.1, -0.05) is 34.2 Å². The van der Waals surface area contributed by atoms with Crippen LogP contribution < -0.4 is 11.1 Å². The topological polar surface area (TPSA) is 38.0 Å². The van der Waals surface area contributed by atoms with E-state index in [-0.39, 0.29) is 10.6 Å². The first-order chi connectivity index (χ1) is 9.77. The van der Waals surface area contributed by atoms with E-state index in [0.717, 1.165) is 16.6 Å². The van der Waals surface area contributed by atoms with Crippen LogP contribution in [0.1, 0.15) is 11.1 Å². The van der Waals surface area contributed by atoms with Crippen LogP contribution in [0.25, 0.3) is 0 Å². The molecule has 110 valence electrons. The highest BCUT2D eigenvalue weighted by molar-refractivity contribution is 9.10. The number of nitrogens with one attached hydrogen (secondary N) is 1. The summed E-state index contributed by atoms with van der Waals surface area (Å²) in [5, 5.41) is 3.01. The van der Waals surface area contributed by atoms with Crippen molar-refractivity contribution in [2.45, 2.75) is 6.18 Å². The molecule has 0 heterocycles. The van der Waals surface area contributed by atoms with E-state index in [1.165, 1.54) is 6.07 Å². The standard InChI is InChI=1S/C14H10BrF3N2S/c15-9-2-1-3-10(7-9)20-12-5-4-8(14(16,17)18)6-11(12)13(19)21/h1-7,20H,(H2,19,21). The first-order valence-corrected chi connectivity index (χ1v) is 7.01. The Hall–Kier alpha value is -1.60. The number of halogens is 4. The van der Waals surface area contributed by atoms with Gasteiger partial charge in [-0.2, -0.15) is 13.2 Å². The molecule has 0 aliphatic rings. The van der Waals surface area contributed by atoms with Crippen molar-refractivity contribution < 1.29 is 13.2 Å². The molecule has 2 aromatic rings. The third-order valence-corrected chi connectivity index (χ3v) is 3.43. The minimum atomic E-state index is -4.44. The summed E-state index contributed by atoms with van der Waals surface area (Å²) in [6.07, 6.45) is -4.44. The third-order valence-electron chi connectivity index (χ3n) is 2.72. The Bertz CT molecular complexity index is 686. The molecular weight excluding hydrogens is 365 g/mol. The smallest absolute Gasteiger partial charge is 0.389 e. The first-order valence-electron chi connectivity index (χ1n) is 5.81. The van der Waals surface area contributed by atoms with E-state index >= 15 is 0 Å². The Kier molecular flexibility index (Phi) is 4.53. The average molecular weight is 375 g/mol. The summed E-state index contributed by atoms with van der Waals surface area (Å²) < 4.78 is 39.0. The zero-order valence-corrected chi connectivity index (χ0v) is 12.9. The average Bonchev–Trinajstić information content (AvgIpc) is 2.37. The Morgan fingerprint density at radius 3 is 2.43 bits per heavy atom. The van der Waals surface area contributed by atoms with Gasteiger partial charge >= 0.3 is 6.18 Å². The van der Waals surface area contributed by atoms with Crippen molar-refractivity contribution in [1.82, 2.24) is 0 Å². The zero-order valence-electron chi connectivity index (χ0n) is 10.5. The number of rotatable bonds is 3. The van der Waals surface area contributed by atoms with Gasteiger partial charge < -0.3 is 11.1 Å². The van der Waals surface area contributed by atoms with Gasteiger partial charge in [0.05, 0.1) is 5.56 Å². The molecule has 0 fully saturated rings. The van der Waals surface area contributed by atoms with E-state index in [2.05, 4.69) is 21.2 Å². The van der Waals surface area contributed by atoms with Crippen molar-refractivity contribution in [1.29, 1.82) is 0 Å². The molecule has 21 heavy (non-hydrogen) atoms. The van der Waals surface area contributed by atoms with Crippen LogP contribution in [0.15, 0.2) is 46.9 Å². The number of benzene rings is 2. The lowest BCUT2D eigenvalue weighted by molar-refractivity contribution is -0.137. The van der Waals surface area contributed by atoms with Crippen LogP contribution in [-0.2, 0) is 6.18 Å². The highest BCUT2D eigenvalue weighted by Crippen LogP contribution is 2.33. The number of thiocarbonyl (C=S) groups is 1. The Labute approximate surface area is 133 Å². The van der Waals surface area contributed by atoms with Crippen LogP contribution in [0.3, 0.4) is 0 Å². The van der Waals surface area contributed by atoms with Crippen molar-refractivity contribution >= 4 is 44.5 Å². The summed E-state index contributed by atoms with van der Waals surface area (Å²) in [5.74, 6) is 0. The molecule has 2 rings (SSSR count). The largest absolute Gasteiger partial charge is 0.416 e. The summed E-state index contributed by atoms with van der Waals surface area (Å²) >= 11 is 8.16. The van der Waals surface area contributed by atoms with Gasteiger partial charge in [0.15, 0.2) is 0 Å². The highest BCUT2D eigenvalue weighted by Gasteiger charge is 2.31. The van der Waals surface area contributed by atoms with Crippen LogP contribution >= 0.6 is 28.1 Å².